The number of nitrogens with zero attached hydrogens (tertiary/aromatic N) is 2. The summed E-state index contributed by atoms with van der Waals surface area (Å²) in [5.41, 5.74) is 2.83. The van der Waals surface area contributed by atoms with Crippen molar-refractivity contribution in [3.05, 3.63) is 71.8 Å². The van der Waals surface area contributed by atoms with Gasteiger partial charge < -0.3 is 0 Å². The lowest BCUT2D eigenvalue weighted by atomic mass is 10.00. The van der Waals surface area contributed by atoms with Crippen molar-refractivity contribution in [1.82, 2.24) is 9.21 Å². The molecule has 2 heterocycles. The predicted molar refractivity (Wildman–Crippen MR) is 100 cm³/mol. The number of amides is 1. The molecule has 0 saturated heterocycles. The van der Waals surface area contributed by atoms with Crippen molar-refractivity contribution in [2.45, 2.75) is 11.3 Å². The van der Waals surface area contributed by atoms with Gasteiger partial charge in [0.05, 0.1) is 12.1 Å². The van der Waals surface area contributed by atoms with Gasteiger partial charge in [0, 0.05) is 19.6 Å². The Kier molecular flexibility index (Phi) is 4.38. The molecule has 0 radical (unpaired) electrons. The Balaban J connectivity index is 1.42. The van der Waals surface area contributed by atoms with Gasteiger partial charge in [0.1, 0.15) is 4.90 Å². The highest BCUT2D eigenvalue weighted by Gasteiger charge is 2.40. The molecule has 0 spiro atoms. The lowest BCUT2D eigenvalue weighted by Crippen LogP contribution is -2.39. The molecule has 2 aliphatic rings. The second kappa shape index (κ2) is 6.70. The van der Waals surface area contributed by atoms with E-state index in [9.17, 15) is 13.2 Å². The van der Waals surface area contributed by atoms with E-state index < -0.39 is 15.9 Å². The fraction of sp³-hybridized carbons (Fsp3) is 0.250. The van der Waals surface area contributed by atoms with Gasteiger partial charge in [0.15, 0.2) is 0 Å². The summed E-state index contributed by atoms with van der Waals surface area (Å²) in [4.78, 5) is 14.7. The van der Waals surface area contributed by atoms with Gasteiger partial charge in [-0.15, -0.1) is 0 Å². The number of carbonyl (C=O) groups excluding carboxylic acids is 1. The van der Waals surface area contributed by atoms with E-state index in [4.69, 9.17) is 0 Å². The van der Waals surface area contributed by atoms with Gasteiger partial charge in [-0.3, -0.25) is 9.69 Å². The van der Waals surface area contributed by atoms with Gasteiger partial charge in [-0.1, -0.05) is 48.5 Å². The van der Waals surface area contributed by atoms with Crippen molar-refractivity contribution < 1.29 is 13.2 Å². The van der Waals surface area contributed by atoms with Crippen LogP contribution in [0.4, 0.5) is 0 Å². The van der Waals surface area contributed by atoms with Gasteiger partial charge in [0.2, 0.25) is 0 Å². The molecular formula is C20H20N2O3S. The Morgan fingerprint density at radius 2 is 1.65 bits per heavy atom. The van der Waals surface area contributed by atoms with Crippen molar-refractivity contribution in [3.8, 4) is 0 Å². The van der Waals surface area contributed by atoms with Gasteiger partial charge in [-0.05, 0) is 29.7 Å². The van der Waals surface area contributed by atoms with Crippen LogP contribution in [-0.4, -0.2) is 49.7 Å². The third kappa shape index (κ3) is 2.95. The Bertz CT molecular complexity index is 968. The number of hydrogen-bond acceptors (Lipinski definition) is 4. The molecule has 2 aliphatic heterocycles. The first-order valence-corrected chi connectivity index (χ1v) is 10.1. The topological polar surface area (TPSA) is 57.7 Å². The molecule has 2 aromatic rings. The number of fused-ring (bicyclic) bond motifs is 1. The average Bonchev–Trinajstić information content (AvgIpc) is 2.88. The summed E-state index contributed by atoms with van der Waals surface area (Å²) in [5, 5.41) is 0. The summed E-state index contributed by atoms with van der Waals surface area (Å²) in [6.07, 6.45) is 3.11. The highest BCUT2D eigenvalue weighted by atomic mass is 32.2. The largest absolute Gasteiger partial charge is 0.298 e. The molecule has 2 aromatic carbocycles. The molecule has 1 amide bonds. The Labute approximate surface area is 153 Å². The van der Waals surface area contributed by atoms with Gasteiger partial charge in [-0.25, -0.2) is 12.7 Å². The number of rotatable bonds is 4. The highest BCUT2D eigenvalue weighted by Crippen LogP contribution is 2.30. The normalized spacial score (nSPS) is 19.3. The van der Waals surface area contributed by atoms with E-state index in [1.165, 1.54) is 17.2 Å². The minimum absolute atomic E-state index is 0.120. The van der Waals surface area contributed by atoms with Gasteiger partial charge in [-0.2, -0.15) is 0 Å². The standard InChI is InChI=1S/C20H20N2O3S/c23-20-18-8-4-5-9-19(18)26(24,25)22(20)15-14-21-12-10-17(11-13-21)16-6-2-1-3-7-16/h1-10H,11-15H2. The van der Waals surface area contributed by atoms with Crippen LogP contribution in [0.1, 0.15) is 22.3 Å². The lowest BCUT2D eigenvalue weighted by molar-refractivity contribution is 0.0861. The van der Waals surface area contributed by atoms with Crippen LogP contribution in [0.2, 0.25) is 0 Å². The Morgan fingerprint density at radius 3 is 2.35 bits per heavy atom. The molecule has 0 bridgehead atoms. The van der Waals surface area contributed by atoms with Crippen LogP contribution in [0.25, 0.3) is 5.57 Å². The first-order chi connectivity index (χ1) is 12.6. The molecule has 0 N–H and O–H groups in total. The van der Waals surface area contributed by atoms with E-state index in [0.29, 0.717) is 6.54 Å². The SMILES string of the molecule is O=C1c2ccccc2S(=O)(=O)N1CCN1CC=C(c2ccccc2)CC1. The van der Waals surface area contributed by atoms with E-state index in [2.05, 4.69) is 23.1 Å². The smallest absolute Gasteiger partial charge is 0.269 e. The zero-order valence-corrected chi connectivity index (χ0v) is 15.2. The number of sulfonamides is 1. The van der Waals surface area contributed by atoms with E-state index in [-0.39, 0.29) is 17.0 Å². The zero-order valence-electron chi connectivity index (χ0n) is 14.3. The van der Waals surface area contributed by atoms with Crippen LogP contribution in [-0.2, 0) is 10.0 Å². The molecule has 26 heavy (non-hydrogen) atoms. The van der Waals surface area contributed by atoms with Gasteiger partial charge >= 0.3 is 0 Å². The maximum atomic E-state index is 12.6. The van der Waals surface area contributed by atoms with Crippen LogP contribution in [0, 0.1) is 0 Å². The van der Waals surface area contributed by atoms with Crippen LogP contribution in [0.3, 0.4) is 0 Å². The monoisotopic (exact) mass is 368 g/mol. The highest BCUT2D eigenvalue weighted by molar-refractivity contribution is 7.90. The van der Waals surface area contributed by atoms with E-state index in [0.717, 1.165) is 23.8 Å². The van der Waals surface area contributed by atoms with Crippen molar-refractivity contribution in [2.75, 3.05) is 26.2 Å². The summed E-state index contributed by atoms with van der Waals surface area (Å²) < 4.78 is 26.2. The summed E-state index contributed by atoms with van der Waals surface area (Å²) in [6, 6.07) is 16.7. The number of hydrogen-bond donors (Lipinski definition) is 0. The molecule has 0 aromatic heterocycles. The summed E-state index contributed by atoms with van der Waals surface area (Å²) in [5.74, 6) is -0.418. The van der Waals surface area contributed by atoms with Crippen LogP contribution in [0.5, 0.6) is 0 Å². The zero-order chi connectivity index (χ0) is 18.1. The fourth-order valence-corrected chi connectivity index (χ4v) is 5.07. The maximum Gasteiger partial charge on any atom is 0.269 e. The molecule has 134 valence electrons. The first kappa shape index (κ1) is 17.0. The summed E-state index contributed by atoms with van der Waals surface area (Å²) in [6.45, 7) is 2.34. The molecule has 4 rings (SSSR count). The molecule has 0 saturated carbocycles. The second-order valence-electron chi connectivity index (χ2n) is 6.52. The molecule has 5 nitrogen and oxygen atoms in total. The number of carbonyl (C=O) groups is 1. The lowest BCUT2D eigenvalue weighted by Gasteiger charge is -2.28. The van der Waals surface area contributed by atoms with Crippen LogP contribution in [0.15, 0.2) is 65.6 Å². The molecule has 0 atom stereocenters. The van der Waals surface area contributed by atoms with Crippen molar-refractivity contribution in [1.29, 1.82) is 0 Å². The van der Waals surface area contributed by atoms with Crippen LogP contribution < -0.4 is 0 Å². The predicted octanol–water partition coefficient (Wildman–Crippen LogP) is 2.62. The molecule has 0 aliphatic carbocycles. The second-order valence-corrected chi connectivity index (χ2v) is 8.36. The molecule has 0 fully saturated rings. The maximum absolute atomic E-state index is 12.6. The van der Waals surface area contributed by atoms with Crippen molar-refractivity contribution in [3.63, 3.8) is 0 Å². The van der Waals surface area contributed by atoms with Crippen LogP contribution >= 0.6 is 0 Å². The fourth-order valence-electron chi connectivity index (χ4n) is 3.51. The number of benzene rings is 2. The van der Waals surface area contributed by atoms with Gasteiger partial charge in [0.25, 0.3) is 15.9 Å². The van der Waals surface area contributed by atoms with Crippen molar-refractivity contribution in [2.24, 2.45) is 0 Å². The third-order valence-electron chi connectivity index (χ3n) is 4.97. The van der Waals surface area contributed by atoms with E-state index in [1.54, 1.807) is 18.2 Å². The average molecular weight is 368 g/mol. The van der Waals surface area contributed by atoms with E-state index >= 15 is 0 Å². The third-order valence-corrected chi connectivity index (χ3v) is 6.81. The van der Waals surface area contributed by atoms with E-state index in [1.807, 2.05) is 18.2 Å². The van der Waals surface area contributed by atoms with Crippen molar-refractivity contribution >= 4 is 21.5 Å². The molecular weight excluding hydrogens is 348 g/mol. The minimum atomic E-state index is -3.71. The Morgan fingerprint density at radius 1 is 0.923 bits per heavy atom. The molecule has 0 unspecified atom stereocenters. The molecule has 6 heteroatoms. The first-order valence-electron chi connectivity index (χ1n) is 8.70. The Hall–Kier alpha value is -2.44. The summed E-state index contributed by atoms with van der Waals surface area (Å²) >= 11 is 0. The summed E-state index contributed by atoms with van der Waals surface area (Å²) in [7, 11) is -3.71. The quantitative estimate of drug-likeness (QED) is 0.832. The minimum Gasteiger partial charge on any atom is -0.298 e.